The van der Waals surface area contributed by atoms with Crippen molar-refractivity contribution in [2.24, 2.45) is 0 Å². The van der Waals surface area contributed by atoms with E-state index in [9.17, 15) is 4.39 Å². The molecular weight excluding hydrogens is 214 g/mol. The van der Waals surface area contributed by atoms with Crippen molar-refractivity contribution < 1.29 is 9.13 Å². The second-order valence-corrected chi connectivity index (χ2v) is 3.01. The molecule has 0 amide bonds. The number of halogens is 3. The van der Waals surface area contributed by atoms with E-state index in [1.54, 1.807) is 12.1 Å². The Hall–Kier alpha value is -0.730. The summed E-state index contributed by atoms with van der Waals surface area (Å²) >= 11 is 10.9. The van der Waals surface area contributed by atoms with Crippen LogP contribution in [0.3, 0.4) is 0 Å². The predicted molar refractivity (Wildman–Crippen MR) is 51.7 cm³/mol. The molecule has 0 unspecified atom stereocenters. The maximum atomic E-state index is 12.6. The molecule has 0 spiro atoms. The van der Waals surface area contributed by atoms with Crippen LogP contribution in [0, 0.1) is 5.82 Å². The van der Waals surface area contributed by atoms with Gasteiger partial charge in [0.2, 0.25) is 0 Å². The molecule has 0 bridgehead atoms. The molecule has 0 aliphatic rings. The van der Waals surface area contributed by atoms with Crippen molar-refractivity contribution in [2.45, 2.75) is 0 Å². The summed E-state index contributed by atoms with van der Waals surface area (Å²) in [4.78, 5) is 0. The van der Waals surface area contributed by atoms with Crippen molar-refractivity contribution in [3.63, 3.8) is 0 Å². The summed E-state index contributed by atoms with van der Waals surface area (Å²) in [5.41, 5.74) is 1.21. The topological polar surface area (TPSA) is 9.23 Å². The van der Waals surface area contributed by atoms with E-state index in [-0.39, 0.29) is 12.4 Å². The average Bonchev–Trinajstić information content (AvgIpc) is 2.14. The SMILES string of the molecule is Fc1cccc(OCC(Cl)=CCl)c1. The molecule has 13 heavy (non-hydrogen) atoms. The van der Waals surface area contributed by atoms with Gasteiger partial charge >= 0.3 is 0 Å². The van der Waals surface area contributed by atoms with Crippen molar-refractivity contribution in [3.05, 3.63) is 40.7 Å². The fourth-order valence-corrected chi connectivity index (χ4v) is 0.858. The van der Waals surface area contributed by atoms with E-state index >= 15 is 0 Å². The fourth-order valence-electron chi connectivity index (χ4n) is 0.741. The van der Waals surface area contributed by atoms with Crippen molar-refractivity contribution >= 4 is 23.2 Å². The second-order valence-electron chi connectivity index (χ2n) is 2.30. The Labute approximate surface area is 85.7 Å². The monoisotopic (exact) mass is 220 g/mol. The lowest BCUT2D eigenvalue weighted by atomic mass is 10.3. The van der Waals surface area contributed by atoms with E-state index in [4.69, 9.17) is 27.9 Å². The van der Waals surface area contributed by atoms with Gasteiger partial charge in [-0.05, 0) is 12.1 Å². The van der Waals surface area contributed by atoms with Crippen molar-refractivity contribution in [1.29, 1.82) is 0 Å². The summed E-state index contributed by atoms with van der Waals surface area (Å²) < 4.78 is 17.7. The van der Waals surface area contributed by atoms with Crippen LogP contribution in [0.15, 0.2) is 34.8 Å². The molecule has 0 saturated heterocycles. The molecule has 1 rings (SSSR count). The van der Waals surface area contributed by atoms with Gasteiger partial charge in [0.05, 0.1) is 5.03 Å². The Kier molecular flexibility index (Phi) is 4.06. The molecule has 0 aliphatic carbocycles. The highest BCUT2D eigenvalue weighted by Gasteiger charge is 1.96. The highest BCUT2D eigenvalue weighted by Crippen LogP contribution is 2.14. The zero-order valence-electron chi connectivity index (χ0n) is 6.64. The van der Waals surface area contributed by atoms with E-state index in [0.717, 1.165) is 0 Å². The molecule has 1 nitrogen and oxygen atoms in total. The van der Waals surface area contributed by atoms with Crippen molar-refractivity contribution in [2.75, 3.05) is 6.61 Å². The molecule has 0 saturated carbocycles. The Bertz CT molecular complexity index is 312. The minimum Gasteiger partial charge on any atom is -0.488 e. The summed E-state index contributed by atoms with van der Waals surface area (Å²) in [5.74, 6) is 0.0835. The van der Waals surface area contributed by atoms with Crippen LogP contribution < -0.4 is 4.74 Å². The molecule has 0 radical (unpaired) electrons. The predicted octanol–water partition coefficient (Wildman–Crippen LogP) is 3.52. The lowest BCUT2D eigenvalue weighted by molar-refractivity contribution is 0.357. The molecule has 0 aromatic heterocycles. The zero-order valence-corrected chi connectivity index (χ0v) is 8.15. The Balaban J connectivity index is 2.55. The maximum Gasteiger partial charge on any atom is 0.126 e. The molecular formula is C9H7Cl2FO. The van der Waals surface area contributed by atoms with Gasteiger partial charge in [0.25, 0.3) is 0 Å². The average molecular weight is 221 g/mol. The lowest BCUT2D eigenvalue weighted by Crippen LogP contribution is -1.96. The van der Waals surface area contributed by atoms with Crippen LogP contribution in [0.25, 0.3) is 0 Å². The van der Waals surface area contributed by atoms with Gasteiger partial charge < -0.3 is 4.74 Å². The smallest absolute Gasteiger partial charge is 0.126 e. The molecule has 1 aromatic rings. The third kappa shape index (κ3) is 3.66. The summed E-state index contributed by atoms with van der Waals surface area (Å²) in [7, 11) is 0. The lowest BCUT2D eigenvalue weighted by Gasteiger charge is -2.03. The van der Waals surface area contributed by atoms with Gasteiger partial charge in [0.15, 0.2) is 0 Å². The number of hydrogen-bond donors (Lipinski definition) is 0. The molecule has 1 aromatic carbocycles. The maximum absolute atomic E-state index is 12.6. The Morgan fingerprint density at radius 3 is 2.92 bits per heavy atom. The summed E-state index contributed by atoms with van der Waals surface area (Å²) in [5, 5.41) is 0.367. The van der Waals surface area contributed by atoms with Crippen LogP contribution in [0.5, 0.6) is 5.75 Å². The van der Waals surface area contributed by atoms with E-state index in [0.29, 0.717) is 10.8 Å². The van der Waals surface area contributed by atoms with Crippen molar-refractivity contribution in [1.82, 2.24) is 0 Å². The molecule has 0 heterocycles. The van der Waals surface area contributed by atoms with Crippen LogP contribution in [0.2, 0.25) is 0 Å². The van der Waals surface area contributed by atoms with E-state index in [2.05, 4.69) is 0 Å². The van der Waals surface area contributed by atoms with Crippen molar-refractivity contribution in [3.8, 4) is 5.75 Å². The standard InChI is InChI=1S/C9H7Cl2FO/c10-5-7(11)6-13-9-3-1-2-8(12)4-9/h1-5H,6H2. The third-order valence-electron chi connectivity index (χ3n) is 1.29. The van der Waals surface area contributed by atoms with Crippen LogP contribution >= 0.6 is 23.2 Å². The van der Waals surface area contributed by atoms with Gasteiger partial charge in [-0.1, -0.05) is 29.3 Å². The summed E-state index contributed by atoms with van der Waals surface area (Å²) in [6, 6.07) is 5.81. The van der Waals surface area contributed by atoms with Crippen LogP contribution in [-0.4, -0.2) is 6.61 Å². The van der Waals surface area contributed by atoms with E-state index < -0.39 is 0 Å². The molecule has 0 N–H and O–H groups in total. The van der Waals surface area contributed by atoms with Gasteiger partial charge in [-0.2, -0.15) is 0 Å². The fraction of sp³-hybridized carbons (Fsp3) is 0.111. The van der Waals surface area contributed by atoms with E-state index in [1.165, 1.54) is 17.7 Å². The largest absolute Gasteiger partial charge is 0.488 e. The molecule has 0 fully saturated rings. The summed E-state index contributed by atoms with van der Waals surface area (Å²) in [6.45, 7) is 0.147. The Morgan fingerprint density at radius 1 is 1.54 bits per heavy atom. The van der Waals surface area contributed by atoms with Gasteiger partial charge in [0.1, 0.15) is 18.2 Å². The van der Waals surface area contributed by atoms with Gasteiger partial charge in [-0.15, -0.1) is 0 Å². The number of ether oxygens (including phenoxy) is 1. The normalized spacial score (nSPS) is 11.5. The minimum atomic E-state index is -0.344. The molecule has 4 heteroatoms. The highest BCUT2D eigenvalue weighted by molar-refractivity contribution is 6.36. The number of benzene rings is 1. The highest BCUT2D eigenvalue weighted by atomic mass is 35.5. The summed E-state index contributed by atoms with van der Waals surface area (Å²) in [6.07, 6.45) is 0. The molecule has 70 valence electrons. The Morgan fingerprint density at radius 2 is 2.31 bits per heavy atom. The first-order valence-electron chi connectivity index (χ1n) is 3.55. The number of rotatable bonds is 3. The first-order valence-corrected chi connectivity index (χ1v) is 4.37. The van der Waals surface area contributed by atoms with Gasteiger partial charge in [-0.3, -0.25) is 0 Å². The third-order valence-corrected chi connectivity index (χ3v) is 1.88. The first-order chi connectivity index (χ1) is 6.22. The minimum absolute atomic E-state index is 0.147. The quantitative estimate of drug-likeness (QED) is 0.758. The molecule has 0 aliphatic heterocycles. The number of hydrogen-bond acceptors (Lipinski definition) is 1. The van der Waals surface area contributed by atoms with Gasteiger partial charge in [0, 0.05) is 11.6 Å². The van der Waals surface area contributed by atoms with E-state index in [1.807, 2.05) is 0 Å². The van der Waals surface area contributed by atoms with Crippen LogP contribution in [0.1, 0.15) is 0 Å². The molecule has 0 atom stereocenters. The van der Waals surface area contributed by atoms with Crippen LogP contribution in [-0.2, 0) is 0 Å². The first kappa shape index (κ1) is 10.4. The zero-order chi connectivity index (χ0) is 9.68. The van der Waals surface area contributed by atoms with Crippen LogP contribution in [0.4, 0.5) is 4.39 Å². The second kappa shape index (κ2) is 5.10. The van der Waals surface area contributed by atoms with Gasteiger partial charge in [-0.25, -0.2) is 4.39 Å².